The molecule has 0 saturated carbocycles. The Labute approximate surface area is 112 Å². The number of rotatable bonds is 3. The first-order chi connectivity index (χ1) is 8.13. The van der Waals surface area contributed by atoms with E-state index in [0.717, 1.165) is 3.57 Å². The molecule has 0 N–H and O–H groups in total. The normalized spacial score (nSPS) is 10.5. The minimum Gasteiger partial charge on any atom is -0.545 e. The second-order valence-corrected chi connectivity index (χ2v) is 4.73. The molecule has 0 bridgehead atoms. The lowest BCUT2D eigenvalue weighted by atomic mass is 10.1. The molecule has 0 saturated heterocycles. The van der Waals surface area contributed by atoms with Gasteiger partial charge in [0.2, 0.25) is 0 Å². The average molecular weight is 342 g/mol. The summed E-state index contributed by atoms with van der Waals surface area (Å²) in [7, 11) is 0. The highest BCUT2D eigenvalue weighted by atomic mass is 127. The van der Waals surface area contributed by atoms with Gasteiger partial charge in [0.05, 0.1) is 17.2 Å². The molecule has 2 rings (SSSR count). The minimum absolute atomic E-state index is 0.0497. The van der Waals surface area contributed by atoms with Gasteiger partial charge in [-0.2, -0.15) is 0 Å². The van der Waals surface area contributed by atoms with Crippen molar-refractivity contribution in [1.29, 1.82) is 0 Å². The molecule has 1 aromatic heterocycles. The van der Waals surface area contributed by atoms with Gasteiger partial charge in [-0.15, -0.1) is 0 Å². The van der Waals surface area contributed by atoms with Gasteiger partial charge in [0, 0.05) is 9.13 Å². The van der Waals surface area contributed by atoms with E-state index >= 15 is 0 Å². The highest BCUT2D eigenvalue weighted by Gasteiger charge is 2.17. The quantitative estimate of drug-likeness (QED) is 0.799. The van der Waals surface area contributed by atoms with Crippen molar-refractivity contribution in [3.63, 3.8) is 0 Å². The molecule has 0 aliphatic carbocycles. The van der Waals surface area contributed by atoms with Crippen molar-refractivity contribution in [2.45, 2.75) is 13.3 Å². The third kappa shape index (κ3) is 2.33. The van der Waals surface area contributed by atoms with Crippen LogP contribution >= 0.6 is 22.6 Å². The Hall–Kier alpha value is -1.37. The minimum atomic E-state index is -1.25. The highest BCUT2D eigenvalue weighted by Crippen LogP contribution is 2.26. The summed E-state index contributed by atoms with van der Waals surface area (Å²) in [5.74, 6) is -0.991. The zero-order chi connectivity index (χ0) is 12.4. The first kappa shape index (κ1) is 12.1. The van der Waals surface area contributed by atoms with Gasteiger partial charge in [0.25, 0.3) is 0 Å². The third-order valence-electron chi connectivity index (χ3n) is 2.41. The Morgan fingerprint density at radius 2 is 2.06 bits per heavy atom. The van der Waals surface area contributed by atoms with Crippen LogP contribution in [0.4, 0.5) is 0 Å². The molecule has 0 amide bonds. The summed E-state index contributed by atoms with van der Waals surface area (Å²) >= 11 is 2.18. The van der Waals surface area contributed by atoms with Crippen LogP contribution in [0.3, 0.4) is 0 Å². The topological polar surface area (TPSA) is 66.2 Å². The first-order valence-corrected chi connectivity index (χ1v) is 6.17. The van der Waals surface area contributed by atoms with Gasteiger partial charge in [0.1, 0.15) is 0 Å². The largest absolute Gasteiger partial charge is 0.545 e. The molecule has 88 valence electrons. The van der Waals surface area contributed by atoms with Crippen LogP contribution in [-0.4, -0.2) is 11.1 Å². The molecule has 17 heavy (non-hydrogen) atoms. The Morgan fingerprint density at radius 3 is 2.59 bits per heavy atom. The van der Waals surface area contributed by atoms with Gasteiger partial charge in [-0.1, -0.05) is 24.2 Å². The van der Waals surface area contributed by atoms with Crippen LogP contribution < -0.4 is 5.11 Å². The smallest absolute Gasteiger partial charge is 0.176 e. The van der Waals surface area contributed by atoms with Crippen molar-refractivity contribution in [1.82, 2.24) is 5.16 Å². The number of benzene rings is 1. The van der Waals surface area contributed by atoms with Crippen LogP contribution in [0.25, 0.3) is 11.3 Å². The van der Waals surface area contributed by atoms with Gasteiger partial charge >= 0.3 is 0 Å². The summed E-state index contributed by atoms with van der Waals surface area (Å²) in [6.45, 7) is 1.82. The predicted octanol–water partition coefficient (Wildman–Crippen LogP) is 1.87. The second-order valence-electron chi connectivity index (χ2n) is 3.48. The Bertz CT molecular complexity index is 545. The molecule has 0 aliphatic rings. The number of carbonyl (C=O) groups excluding carboxylic acids is 1. The number of carboxylic acids is 1. The molecular weight excluding hydrogens is 333 g/mol. The van der Waals surface area contributed by atoms with E-state index in [0.29, 0.717) is 17.7 Å². The van der Waals surface area contributed by atoms with E-state index in [-0.39, 0.29) is 11.3 Å². The lowest BCUT2D eigenvalue weighted by molar-refractivity contribution is -0.255. The SMILES string of the molecule is CCc1noc(-c2ccc(I)cc2)c1C(=O)[O-]. The van der Waals surface area contributed by atoms with E-state index in [9.17, 15) is 9.90 Å². The number of halogens is 1. The van der Waals surface area contributed by atoms with Crippen molar-refractivity contribution in [3.05, 3.63) is 39.1 Å². The Kier molecular flexibility index (Phi) is 3.46. The summed E-state index contributed by atoms with van der Waals surface area (Å²) in [6, 6.07) is 7.36. The molecule has 0 fully saturated rings. The number of carbonyl (C=O) groups is 1. The number of nitrogens with zero attached hydrogens (tertiary/aromatic N) is 1. The van der Waals surface area contributed by atoms with Crippen molar-refractivity contribution in [3.8, 4) is 11.3 Å². The monoisotopic (exact) mass is 342 g/mol. The van der Waals surface area contributed by atoms with Gasteiger partial charge in [-0.25, -0.2) is 0 Å². The van der Waals surface area contributed by atoms with E-state index in [4.69, 9.17) is 4.52 Å². The summed E-state index contributed by atoms with van der Waals surface area (Å²) in [5, 5.41) is 14.8. The van der Waals surface area contributed by atoms with Crippen molar-refractivity contribution in [2.75, 3.05) is 0 Å². The second kappa shape index (κ2) is 4.87. The maximum atomic E-state index is 11.1. The van der Waals surface area contributed by atoms with Gasteiger partial charge in [-0.3, -0.25) is 0 Å². The van der Waals surface area contributed by atoms with E-state index in [1.54, 1.807) is 12.1 Å². The maximum Gasteiger partial charge on any atom is 0.176 e. The third-order valence-corrected chi connectivity index (χ3v) is 3.13. The predicted molar refractivity (Wildman–Crippen MR) is 68.4 cm³/mol. The fourth-order valence-corrected chi connectivity index (χ4v) is 1.93. The number of carboxylic acid groups (broad SMARTS) is 1. The molecule has 5 heteroatoms. The molecule has 0 spiro atoms. The number of aromatic carboxylic acids is 1. The van der Waals surface area contributed by atoms with Crippen LogP contribution in [0.1, 0.15) is 23.0 Å². The Balaban J connectivity index is 2.55. The van der Waals surface area contributed by atoms with E-state index < -0.39 is 5.97 Å². The van der Waals surface area contributed by atoms with Crippen molar-refractivity contribution < 1.29 is 14.4 Å². The summed E-state index contributed by atoms with van der Waals surface area (Å²) in [5.41, 5.74) is 1.16. The lowest BCUT2D eigenvalue weighted by Gasteiger charge is -2.03. The summed E-state index contributed by atoms with van der Waals surface area (Å²) in [4.78, 5) is 11.1. The average Bonchev–Trinajstić information content (AvgIpc) is 2.73. The molecule has 0 radical (unpaired) electrons. The number of hydrogen-bond donors (Lipinski definition) is 0. The number of aromatic nitrogens is 1. The van der Waals surface area contributed by atoms with E-state index in [1.807, 2.05) is 19.1 Å². The Morgan fingerprint density at radius 1 is 1.41 bits per heavy atom. The number of hydrogen-bond acceptors (Lipinski definition) is 4. The standard InChI is InChI=1S/C12H10INO3/c1-2-9-10(12(15)16)11(17-14-9)7-3-5-8(13)6-4-7/h3-6H,2H2,1H3,(H,15,16)/p-1. The molecular formula is C12H9INO3-. The highest BCUT2D eigenvalue weighted by molar-refractivity contribution is 14.1. The molecule has 0 unspecified atom stereocenters. The number of aryl methyl sites for hydroxylation is 1. The van der Waals surface area contributed by atoms with Crippen LogP contribution in [-0.2, 0) is 6.42 Å². The van der Waals surface area contributed by atoms with Gasteiger partial charge in [-0.05, 0) is 41.1 Å². The maximum absolute atomic E-state index is 11.1. The lowest BCUT2D eigenvalue weighted by Crippen LogP contribution is -2.23. The van der Waals surface area contributed by atoms with Crippen LogP contribution in [0.2, 0.25) is 0 Å². The molecule has 1 aromatic carbocycles. The van der Waals surface area contributed by atoms with E-state index in [2.05, 4.69) is 27.7 Å². The molecule has 0 atom stereocenters. The van der Waals surface area contributed by atoms with Crippen molar-refractivity contribution >= 4 is 28.6 Å². The molecule has 2 aromatic rings. The van der Waals surface area contributed by atoms with Crippen LogP contribution in [0.15, 0.2) is 28.8 Å². The molecule has 0 aliphatic heterocycles. The van der Waals surface area contributed by atoms with E-state index in [1.165, 1.54) is 0 Å². The van der Waals surface area contributed by atoms with Gasteiger partial charge in [0.15, 0.2) is 5.76 Å². The summed E-state index contributed by atoms with van der Waals surface area (Å²) < 4.78 is 6.17. The van der Waals surface area contributed by atoms with Gasteiger partial charge < -0.3 is 14.4 Å². The van der Waals surface area contributed by atoms with Crippen LogP contribution in [0.5, 0.6) is 0 Å². The van der Waals surface area contributed by atoms with Crippen LogP contribution in [0, 0.1) is 3.57 Å². The fourth-order valence-electron chi connectivity index (χ4n) is 1.57. The molecule has 1 heterocycles. The zero-order valence-electron chi connectivity index (χ0n) is 9.07. The summed E-state index contributed by atoms with van der Waals surface area (Å²) in [6.07, 6.45) is 0.497. The zero-order valence-corrected chi connectivity index (χ0v) is 11.2. The first-order valence-electron chi connectivity index (χ1n) is 5.09. The fraction of sp³-hybridized carbons (Fsp3) is 0.167. The molecule has 4 nitrogen and oxygen atoms in total. The van der Waals surface area contributed by atoms with Crippen molar-refractivity contribution in [2.24, 2.45) is 0 Å².